The van der Waals surface area contributed by atoms with Crippen molar-refractivity contribution >= 4 is 34.2 Å². The molecular weight excluding hydrogens is 308 g/mol. The molecule has 76 valence electrons. The molecule has 1 fully saturated rings. The van der Waals surface area contributed by atoms with Gasteiger partial charge in [0.05, 0.1) is 5.02 Å². The number of nitrogens with one attached hydrogen (secondary N) is 1. The maximum absolute atomic E-state index is 6.10. The molecule has 0 saturated carbocycles. The van der Waals surface area contributed by atoms with Gasteiger partial charge in [0, 0.05) is 9.61 Å². The fourth-order valence-electron chi connectivity index (χ4n) is 1.91. The third-order valence-corrected chi connectivity index (χ3v) is 4.50. The number of benzene rings is 1. The van der Waals surface area contributed by atoms with Crippen LogP contribution in [0.2, 0.25) is 5.02 Å². The summed E-state index contributed by atoms with van der Waals surface area (Å²) in [6.07, 6.45) is 3.85. The first-order valence-electron chi connectivity index (χ1n) is 4.96. The minimum absolute atomic E-state index is 0.509. The molecule has 1 nitrogen and oxygen atoms in total. The third kappa shape index (κ3) is 2.23. The zero-order chi connectivity index (χ0) is 9.97. The molecule has 0 spiro atoms. The molecule has 0 bridgehead atoms. The van der Waals surface area contributed by atoms with Crippen LogP contribution < -0.4 is 5.32 Å². The van der Waals surface area contributed by atoms with E-state index in [0.717, 1.165) is 11.6 Å². The van der Waals surface area contributed by atoms with Crippen LogP contribution in [0.1, 0.15) is 30.9 Å². The van der Waals surface area contributed by atoms with Crippen LogP contribution in [0.5, 0.6) is 0 Å². The standard InChI is InChI=1S/C11H13ClIN/c12-9-5-3-4-8(11(9)13)10-6-1-2-7-14-10/h3-5,10,14H,1-2,6-7H2/t10-/m1/s1. The summed E-state index contributed by atoms with van der Waals surface area (Å²) in [5.41, 5.74) is 1.36. The molecule has 1 N–H and O–H groups in total. The zero-order valence-electron chi connectivity index (χ0n) is 7.89. The van der Waals surface area contributed by atoms with Crippen molar-refractivity contribution in [3.63, 3.8) is 0 Å². The van der Waals surface area contributed by atoms with E-state index in [9.17, 15) is 0 Å². The lowest BCUT2D eigenvalue weighted by molar-refractivity contribution is 0.411. The molecule has 1 saturated heterocycles. The quantitative estimate of drug-likeness (QED) is 0.777. The molecule has 0 aliphatic carbocycles. The Hall–Kier alpha value is 0.200. The van der Waals surface area contributed by atoms with Gasteiger partial charge >= 0.3 is 0 Å². The first-order valence-corrected chi connectivity index (χ1v) is 6.42. The Morgan fingerprint density at radius 2 is 2.21 bits per heavy atom. The van der Waals surface area contributed by atoms with Crippen LogP contribution in [0.25, 0.3) is 0 Å². The van der Waals surface area contributed by atoms with E-state index in [1.54, 1.807) is 0 Å². The van der Waals surface area contributed by atoms with E-state index in [0.29, 0.717) is 6.04 Å². The fraction of sp³-hybridized carbons (Fsp3) is 0.455. The van der Waals surface area contributed by atoms with Crippen LogP contribution in [0.4, 0.5) is 0 Å². The Labute approximate surface area is 103 Å². The Kier molecular flexibility index (Phi) is 3.68. The van der Waals surface area contributed by atoms with E-state index in [-0.39, 0.29) is 0 Å². The highest BCUT2D eigenvalue weighted by Gasteiger charge is 2.17. The van der Waals surface area contributed by atoms with Crippen LogP contribution >= 0.6 is 34.2 Å². The van der Waals surface area contributed by atoms with E-state index < -0.39 is 0 Å². The summed E-state index contributed by atoms with van der Waals surface area (Å²) in [5, 5.41) is 4.41. The van der Waals surface area contributed by atoms with Gasteiger partial charge < -0.3 is 5.32 Å². The van der Waals surface area contributed by atoms with Crippen molar-refractivity contribution in [3.8, 4) is 0 Å². The van der Waals surface area contributed by atoms with Gasteiger partial charge in [0.25, 0.3) is 0 Å². The van der Waals surface area contributed by atoms with E-state index in [2.05, 4.69) is 34.0 Å². The molecule has 1 atom stereocenters. The van der Waals surface area contributed by atoms with Gasteiger partial charge in [0.15, 0.2) is 0 Å². The van der Waals surface area contributed by atoms with Gasteiger partial charge in [-0.3, -0.25) is 0 Å². The molecule has 2 rings (SSSR count). The van der Waals surface area contributed by atoms with Gasteiger partial charge in [0.2, 0.25) is 0 Å². The van der Waals surface area contributed by atoms with Gasteiger partial charge in [0.1, 0.15) is 0 Å². The summed E-state index contributed by atoms with van der Waals surface area (Å²) in [7, 11) is 0. The molecule has 1 heterocycles. The Morgan fingerprint density at radius 1 is 1.36 bits per heavy atom. The zero-order valence-corrected chi connectivity index (χ0v) is 10.8. The number of piperidine rings is 1. The van der Waals surface area contributed by atoms with E-state index in [4.69, 9.17) is 11.6 Å². The summed E-state index contributed by atoms with van der Waals surface area (Å²) in [5.74, 6) is 0. The molecule has 0 aromatic heterocycles. The van der Waals surface area contributed by atoms with Crippen molar-refractivity contribution in [2.75, 3.05) is 6.54 Å². The van der Waals surface area contributed by atoms with Crippen molar-refractivity contribution in [1.29, 1.82) is 0 Å². The molecule has 1 aliphatic heterocycles. The van der Waals surface area contributed by atoms with Crippen molar-refractivity contribution in [2.24, 2.45) is 0 Å². The normalized spacial score (nSPS) is 22.3. The Balaban J connectivity index is 2.26. The average molecular weight is 322 g/mol. The largest absolute Gasteiger partial charge is 0.310 e. The summed E-state index contributed by atoms with van der Waals surface area (Å²) < 4.78 is 1.20. The number of rotatable bonds is 1. The lowest BCUT2D eigenvalue weighted by Crippen LogP contribution is -2.27. The molecular formula is C11H13ClIN. The Morgan fingerprint density at radius 3 is 2.93 bits per heavy atom. The SMILES string of the molecule is Clc1cccc([C@H]2CCCCN2)c1I. The first kappa shape index (κ1) is 10.7. The topological polar surface area (TPSA) is 12.0 Å². The fourth-order valence-corrected chi connectivity index (χ4v) is 2.82. The second kappa shape index (κ2) is 4.81. The maximum atomic E-state index is 6.10. The highest BCUT2D eigenvalue weighted by atomic mass is 127. The van der Waals surface area contributed by atoms with E-state index >= 15 is 0 Å². The van der Waals surface area contributed by atoms with E-state index in [1.807, 2.05) is 12.1 Å². The summed E-state index contributed by atoms with van der Waals surface area (Å²) in [6, 6.07) is 6.68. The first-order chi connectivity index (χ1) is 6.79. The van der Waals surface area contributed by atoms with Crippen molar-refractivity contribution in [1.82, 2.24) is 5.32 Å². The van der Waals surface area contributed by atoms with Crippen LogP contribution in [0.3, 0.4) is 0 Å². The third-order valence-electron chi connectivity index (χ3n) is 2.67. The monoisotopic (exact) mass is 321 g/mol. The lowest BCUT2D eigenvalue weighted by Gasteiger charge is -2.25. The second-order valence-corrected chi connectivity index (χ2v) is 5.13. The van der Waals surface area contributed by atoms with Crippen molar-refractivity contribution in [3.05, 3.63) is 32.4 Å². The summed E-state index contributed by atoms with van der Waals surface area (Å²) in [4.78, 5) is 0. The molecule has 1 aliphatic rings. The second-order valence-electron chi connectivity index (χ2n) is 3.65. The van der Waals surface area contributed by atoms with Crippen LogP contribution in [0.15, 0.2) is 18.2 Å². The lowest BCUT2D eigenvalue weighted by atomic mass is 9.98. The smallest absolute Gasteiger partial charge is 0.0542 e. The molecule has 0 unspecified atom stereocenters. The summed E-state index contributed by atoms with van der Waals surface area (Å²) >= 11 is 8.43. The molecule has 14 heavy (non-hydrogen) atoms. The van der Waals surface area contributed by atoms with Crippen LogP contribution in [-0.2, 0) is 0 Å². The van der Waals surface area contributed by atoms with Crippen LogP contribution in [0, 0.1) is 3.57 Å². The maximum Gasteiger partial charge on any atom is 0.0542 e. The Bertz CT molecular complexity index is 321. The van der Waals surface area contributed by atoms with Gasteiger partial charge in [-0.25, -0.2) is 0 Å². The van der Waals surface area contributed by atoms with Crippen LogP contribution in [-0.4, -0.2) is 6.54 Å². The number of hydrogen-bond donors (Lipinski definition) is 1. The highest BCUT2D eigenvalue weighted by molar-refractivity contribution is 14.1. The minimum atomic E-state index is 0.509. The number of halogens is 2. The van der Waals surface area contributed by atoms with Gasteiger partial charge in [-0.2, -0.15) is 0 Å². The molecule has 1 aromatic carbocycles. The molecule has 0 amide bonds. The predicted octanol–water partition coefficient (Wildman–Crippen LogP) is 3.76. The van der Waals surface area contributed by atoms with Gasteiger partial charge in [-0.05, 0) is 53.6 Å². The number of hydrogen-bond acceptors (Lipinski definition) is 1. The van der Waals surface area contributed by atoms with E-state index in [1.165, 1.54) is 28.4 Å². The van der Waals surface area contributed by atoms with Gasteiger partial charge in [-0.1, -0.05) is 30.2 Å². The molecule has 3 heteroatoms. The van der Waals surface area contributed by atoms with Crippen molar-refractivity contribution in [2.45, 2.75) is 25.3 Å². The molecule has 0 radical (unpaired) electrons. The highest BCUT2D eigenvalue weighted by Crippen LogP contribution is 2.30. The van der Waals surface area contributed by atoms with Crippen molar-refractivity contribution < 1.29 is 0 Å². The predicted molar refractivity (Wildman–Crippen MR) is 68.8 cm³/mol. The minimum Gasteiger partial charge on any atom is -0.310 e. The summed E-state index contributed by atoms with van der Waals surface area (Å²) in [6.45, 7) is 1.13. The average Bonchev–Trinajstić information content (AvgIpc) is 2.23. The molecule has 1 aromatic rings. The van der Waals surface area contributed by atoms with Gasteiger partial charge in [-0.15, -0.1) is 0 Å².